The molecule has 0 bridgehead atoms. The van der Waals surface area contributed by atoms with E-state index < -0.39 is 0 Å². The van der Waals surface area contributed by atoms with Crippen LogP contribution >= 0.6 is 104 Å². The normalized spacial score (nSPS) is 11.2. The molecule has 10 heteroatoms. The number of aromatic nitrogens is 1. The lowest BCUT2D eigenvalue weighted by molar-refractivity contribution is 1.33. The second-order valence-electron chi connectivity index (χ2n) is 6.84. The van der Waals surface area contributed by atoms with Crippen LogP contribution in [0.15, 0.2) is 48.8 Å². The highest BCUT2D eigenvalue weighted by molar-refractivity contribution is 6.45. The van der Waals surface area contributed by atoms with Gasteiger partial charge in [-0.3, -0.25) is 4.98 Å². The van der Waals surface area contributed by atoms with E-state index in [9.17, 15) is 0 Å². The third kappa shape index (κ3) is 5.05. The molecule has 4 aromatic rings. The van der Waals surface area contributed by atoms with Crippen molar-refractivity contribution in [2.75, 3.05) is 0 Å². The Morgan fingerprint density at radius 1 is 0.364 bits per heavy atom. The average Bonchev–Trinajstić information content (AvgIpc) is 2.67. The Hall–Kier alpha value is -0.580. The molecule has 3 aromatic carbocycles. The summed E-state index contributed by atoms with van der Waals surface area (Å²) in [5.74, 6) is 0. The fourth-order valence-corrected chi connectivity index (χ4v) is 6.54. The smallest absolute Gasteiger partial charge is 0.0514 e. The van der Waals surface area contributed by atoms with Crippen molar-refractivity contribution in [3.63, 3.8) is 0 Å². The van der Waals surface area contributed by atoms with E-state index in [1.54, 1.807) is 48.8 Å². The van der Waals surface area contributed by atoms with Gasteiger partial charge in [0.1, 0.15) is 0 Å². The van der Waals surface area contributed by atoms with E-state index in [2.05, 4.69) is 4.98 Å². The molecule has 0 spiro atoms. The molecule has 1 heterocycles. The molecular formula is C23H8Cl9N. The molecule has 0 amide bonds. The summed E-state index contributed by atoms with van der Waals surface area (Å²) in [6.07, 6.45) is 3.19. The lowest BCUT2D eigenvalue weighted by Gasteiger charge is -2.20. The molecule has 33 heavy (non-hydrogen) atoms. The molecule has 0 aliphatic carbocycles. The maximum Gasteiger partial charge on any atom is 0.0514 e. The summed E-state index contributed by atoms with van der Waals surface area (Å²) in [4.78, 5) is 4.40. The van der Waals surface area contributed by atoms with Gasteiger partial charge in [-0.15, -0.1) is 0 Å². The van der Waals surface area contributed by atoms with Crippen LogP contribution < -0.4 is 0 Å². The molecule has 0 saturated heterocycles. The largest absolute Gasteiger partial charge is 0.263 e. The maximum atomic E-state index is 6.63. The zero-order valence-corrected chi connectivity index (χ0v) is 22.8. The minimum atomic E-state index is 0.295. The zero-order chi connectivity index (χ0) is 24.0. The van der Waals surface area contributed by atoms with Gasteiger partial charge in [0, 0.05) is 60.8 Å². The number of hydrogen-bond donors (Lipinski definition) is 0. The lowest BCUT2D eigenvalue weighted by Crippen LogP contribution is -1.96. The average molecular weight is 617 g/mol. The first-order valence-corrected chi connectivity index (χ1v) is 12.4. The van der Waals surface area contributed by atoms with Gasteiger partial charge in [0.05, 0.1) is 30.1 Å². The Kier molecular flexibility index (Phi) is 7.88. The van der Waals surface area contributed by atoms with Crippen LogP contribution in [-0.2, 0) is 0 Å². The van der Waals surface area contributed by atoms with E-state index in [1.807, 2.05) is 0 Å². The summed E-state index contributed by atoms with van der Waals surface area (Å²) >= 11 is 57.9. The van der Waals surface area contributed by atoms with Crippen molar-refractivity contribution in [3.8, 4) is 33.4 Å². The Labute approximate surface area is 235 Å². The van der Waals surface area contributed by atoms with Crippen molar-refractivity contribution in [3.05, 3.63) is 94.0 Å². The van der Waals surface area contributed by atoms with Crippen LogP contribution in [0.2, 0.25) is 45.2 Å². The number of benzene rings is 3. The standard InChI is InChI=1S/C23H8Cl9N/c24-9-1-14(27)21(15(28)2-9)12-7-33-8-13(22-16(29)3-10(25)4-17(22)30)20(12)23-18(31)5-11(26)6-19(23)32/h1-8H. The molecule has 4 rings (SSSR count). The number of nitrogens with zero attached hydrogens (tertiary/aromatic N) is 1. The fraction of sp³-hybridized carbons (Fsp3) is 0. The molecule has 0 aliphatic heterocycles. The SMILES string of the molecule is Clc1cc(Cl)c(-c2cncc(-c3c(Cl)cc(Cl)cc3Cl)c2-c2c(Cl)cc(Cl)cc2Cl)c(Cl)c1. The number of rotatable bonds is 3. The fourth-order valence-electron chi connectivity index (χ4n) is 3.49. The first-order chi connectivity index (χ1) is 15.6. The molecule has 0 fully saturated rings. The molecule has 1 nitrogen and oxygen atoms in total. The van der Waals surface area contributed by atoms with Crippen LogP contribution in [0.3, 0.4) is 0 Å². The number of pyridine rings is 1. The summed E-state index contributed by atoms with van der Waals surface area (Å²) in [5.41, 5.74) is 3.05. The van der Waals surface area contributed by atoms with Gasteiger partial charge < -0.3 is 0 Å². The van der Waals surface area contributed by atoms with Gasteiger partial charge >= 0.3 is 0 Å². The van der Waals surface area contributed by atoms with Crippen LogP contribution in [0.5, 0.6) is 0 Å². The van der Waals surface area contributed by atoms with Gasteiger partial charge in [-0.05, 0) is 36.4 Å². The Morgan fingerprint density at radius 3 is 0.939 bits per heavy atom. The summed E-state index contributed by atoms with van der Waals surface area (Å²) in [5, 5.41) is 2.95. The quantitative estimate of drug-likeness (QED) is 0.223. The maximum absolute atomic E-state index is 6.63. The van der Waals surface area contributed by atoms with Crippen LogP contribution in [0, 0.1) is 0 Å². The predicted molar refractivity (Wildman–Crippen MR) is 146 cm³/mol. The number of hydrogen-bond acceptors (Lipinski definition) is 1. The second kappa shape index (κ2) is 10.2. The molecule has 168 valence electrons. The Balaban J connectivity index is 2.20. The van der Waals surface area contributed by atoms with Gasteiger partial charge in [0.25, 0.3) is 0 Å². The van der Waals surface area contributed by atoms with Crippen LogP contribution in [0.1, 0.15) is 0 Å². The predicted octanol–water partition coefficient (Wildman–Crippen LogP) is 12.0. The van der Waals surface area contributed by atoms with Crippen molar-refractivity contribution < 1.29 is 0 Å². The van der Waals surface area contributed by atoms with Crippen molar-refractivity contribution >= 4 is 104 Å². The molecule has 0 aliphatic rings. The summed E-state index contributed by atoms with van der Waals surface area (Å²) in [7, 11) is 0. The molecule has 0 saturated carbocycles. The van der Waals surface area contributed by atoms with Crippen LogP contribution in [-0.4, -0.2) is 4.98 Å². The number of halogens is 9. The summed E-state index contributed by atoms with van der Waals surface area (Å²) in [6.45, 7) is 0. The van der Waals surface area contributed by atoms with Crippen LogP contribution in [0.4, 0.5) is 0 Å². The van der Waals surface area contributed by atoms with Gasteiger partial charge in [-0.25, -0.2) is 0 Å². The van der Waals surface area contributed by atoms with Gasteiger partial charge in [-0.1, -0.05) is 104 Å². The topological polar surface area (TPSA) is 12.9 Å². The van der Waals surface area contributed by atoms with E-state index >= 15 is 0 Å². The molecule has 0 N–H and O–H groups in total. The van der Waals surface area contributed by atoms with Gasteiger partial charge in [-0.2, -0.15) is 0 Å². The van der Waals surface area contributed by atoms with Crippen LogP contribution in [0.25, 0.3) is 33.4 Å². The third-order valence-electron chi connectivity index (χ3n) is 4.76. The van der Waals surface area contributed by atoms with Crippen molar-refractivity contribution in [2.24, 2.45) is 0 Å². The highest BCUT2D eigenvalue weighted by Crippen LogP contribution is 2.51. The highest BCUT2D eigenvalue weighted by Gasteiger charge is 2.25. The van der Waals surface area contributed by atoms with Crippen molar-refractivity contribution in [1.29, 1.82) is 0 Å². The monoisotopic (exact) mass is 613 g/mol. The summed E-state index contributed by atoms with van der Waals surface area (Å²) in [6, 6.07) is 9.47. The molecule has 0 unspecified atom stereocenters. The van der Waals surface area contributed by atoms with E-state index in [0.29, 0.717) is 78.6 Å². The lowest BCUT2D eigenvalue weighted by atomic mass is 9.89. The zero-order valence-electron chi connectivity index (χ0n) is 16.0. The molecule has 0 atom stereocenters. The summed E-state index contributed by atoms with van der Waals surface area (Å²) < 4.78 is 0. The van der Waals surface area contributed by atoms with E-state index in [0.717, 1.165) is 0 Å². The van der Waals surface area contributed by atoms with Gasteiger partial charge in [0.2, 0.25) is 0 Å². The molecule has 0 radical (unpaired) electrons. The molecule has 1 aromatic heterocycles. The Morgan fingerprint density at radius 2 is 0.636 bits per heavy atom. The minimum Gasteiger partial charge on any atom is -0.263 e. The first-order valence-electron chi connectivity index (χ1n) is 9.01. The second-order valence-corrected chi connectivity index (χ2v) is 10.6. The highest BCUT2D eigenvalue weighted by atomic mass is 35.5. The minimum absolute atomic E-state index is 0.295. The van der Waals surface area contributed by atoms with Gasteiger partial charge in [0.15, 0.2) is 0 Å². The Bertz CT molecular complexity index is 1270. The van der Waals surface area contributed by atoms with Crippen molar-refractivity contribution in [2.45, 2.75) is 0 Å². The first kappa shape index (κ1) is 25.5. The van der Waals surface area contributed by atoms with Crippen molar-refractivity contribution in [1.82, 2.24) is 4.98 Å². The van der Waals surface area contributed by atoms with E-state index in [-0.39, 0.29) is 0 Å². The third-order valence-corrected chi connectivity index (χ3v) is 7.20. The van der Waals surface area contributed by atoms with E-state index in [1.165, 1.54) is 0 Å². The van der Waals surface area contributed by atoms with E-state index in [4.69, 9.17) is 104 Å². The molecular weight excluding hydrogens is 609 g/mol.